The molecule has 0 aliphatic rings. The molecule has 0 aromatic heterocycles. The fourth-order valence-corrected chi connectivity index (χ4v) is 2.52. The van der Waals surface area contributed by atoms with E-state index in [0.29, 0.717) is 11.8 Å². The first-order valence-electron chi connectivity index (χ1n) is 9.87. The summed E-state index contributed by atoms with van der Waals surface area (Å²) in [4.78, 5) is 0. The highest BCUT2D eigenvalue weighted by atomic mass is 16.5. The van der Waals surface area contributed by atoms with E-state index >= 15 is 0 Å². The summed E-state index contributed by atoms with van der Waals surface area (Å²) in [5, 5.41) is 0. The Kier molecular flexibility index (Phi) is 17.2. The second-order valence-corrected chi connectivity index (χ2v) is 6.98. The predicted molar refractivity (Wildman–Crippen MR) is 97.5 cm³/mol. The van der Waals surface area contributed by atoms with Crippen molar-refractivity contribution in [2.75, 3.05) is 26.4 Å². The number of rotatable bonds is 17. The van der Waals surface area contributed by atoms with Crippen LogP contribution in [0.25, 0.3) is 0 Å². The zero-order valence-corrected chi connectivity index (χ0v) is 15.9. The van der Waals surface area contributed by atoms with Crippen molar-refractivity contribution in [2.24, 2.45) is 11.8 Å². The van der Waals surface area contributed by atoms with Gasteiger partial charge in [-0.25, -0.2) is 0 Å². The molecule has 0 saturated heterocycles. The number of hydrogen-bond donors (Lipinski definition) is 0. The largest absolute Gasteiger partial charge is 0.381 e. The molecule has 0 radical (unpaired) electrons. The van der Waals surface area contributed by atoms with Gasteiger partial charge in [0, 0.05) is 19.1 Å². The smallest absolute Gasteiger partial charge is 0.0518 e. The summed E-state index contributed by atoms with van der Waals surface area (Å²) in [6.45, 7) is 12.6. The molecule has 0 amide bonds. The Morgan fingerprint density at radius 1 is 0.591 bits per heavy atom. The molecule has 0 rings (SSSR count). The third-order valence-corrected chi connectivity index (χ3v) is 4.39. The highest BCUT2D eigenvalue weighted by Crippen LogP contribution is 2.13. The van der Waals surface area contributed by atoms with E-state index in [1.165, 1.54) is 64.2 Å². The van der Waals surface area contributed by atoms with E-state index in [1.807, 2.05) is 0 Å². The molecule has 0 fully saturated rings. The minimum Gasteiger partial charge on any atom is -0.381 e. The first-order chi connectivity index (χ1) is 10.7. The fourth-order valence-electron chi connectivity index (χ4n) is 2.52. The van der Waals surface area contributed by atoms with E-state index in [0.717, 1.165) is 26.4 Å². The number of unbranched alkanes of at least 4 members (excludes halogenated alkanes) is 8. The van der Waals surface area contributed by atoms with Crippen molar-refractivity contribution in [2.45, 2.75) is 91.9 Å². The molecule has 0 aliphatic heterocycles. The summed E-state index contributed by atoms with van der Waals surface area (Å²) in [7, 11) is 0. The van der Waals surface area contributed by atoms with E-state index in [2.05, 4.69) is 27.7 Å². The maximum atomic E-state index is 5.87. The van der Waals surface area contributed by atoms with Gasteiger partial charge in [0.05, 0.1) is 13.2 Å². The maximum Gasteiger partial charge on any atom is 0.0518 e. The van der Waals surface area contributed by atoms with E-state index in [9.17, 15) is 0 Å². The standard InChI is InChI=1S/C20H42O2/c1-5-7-9-11-13-15-21-17-20(19(3)4)18-22-16-14-12-10-8-6-2/h19-20H,5-18H2,1-4H3. The molecule has 0 N–H and O–H groups in total. The van der Waals surface area contributed by atoms with Crippen LogP contribution in [-0.4, -0.2) is 26.4 Å². The van der Waals surface area contributed by atoms with Crippen molar-refractivity contribution in [1.29, 1.82) is 0 Å². The predicted octanol–water partition coefficient (Wildman–Crippen LogP) is 6.23. The molecule has 2 nitrogen and oxygen atoms in total. The Morgan fingerprint density at radius 2 is 1.00 bits per heavy atom. The van der Waals surface area contributed by atoms with Crippen molar-refractivity contribution < 1.29 is 9.47 Å². The van der Waals surface area contributed by atoms with Gasteiger partial charge in [-0.05, 0) is 18.8 Å². The van der Waals surface area contributed by atoms with Crippen LogP contribution < -0.4 is 0 Å². The minimum atomic E-state index is 0.547. The van der Waals surface area contributed by atoms with Gasteiger partial charge in [0.2, 0.25) is 0 Å². The minimum absolute atomic E-state index is 0.547. The van der Waals surface area contributed by atoms with Crippen molar-refractivity contribution in [3.05, 3.63) is 0 Å². The maximum absolute atomic E-state index is 5.87. The molecule has 0 aromatic rings. The monoisotopic (exact) mass is 314 g/mol. The molecule has 0 bridgehead atoms. The van der Waals surface area contributed by atoms with Crippen LogP contribution in [0, 0.1) is 11.8 Å². The Labute approximate surface area is 140 Å². The van der Waals surface area contributed by atoms with Gasteiger partial charge in [-0.1, -0.05) is 79.1 Å². The quantitative estimate of drug-likeness (QED) is 0.296. The zero-order chi connectivity index (χ0) is 16.5. The van der Waals surface area contributed by atoms with Gasteiger partial charge in [-0.3, -0.25) is 0 Å². The highest BCUT2D eigenvalue weighted by molar-refractivity contribution is 4.61. The van der Waals surface area contributed by atoms with Gasteiger partial charge in [-0.2, -0.15) is 0 Å². The molecule has 22 heavy (non-hydrogen) atoms. The van der Waals surface area contributed by atoms with E-state index in [4.69, 9.17) is 9.47 Å². The Morgan fingerprint density at radius 3 is 1.36 bits per heavy atom. The summed E-state index contributed by atoms with van der Waals surface area (Å²) in [5.41, 5.74) is 0. The summed E-state index contributed by atoms with van der Waals surface area (Å²) in [6, 6.07) is 0. The highest BCUT2D eigenvalue weighted by Gasteiger charge is 2.13. The van der Waals surface area contributed by atoms with Crippen LogP contribution in [0.5, 0.6) is 0 Å². The van der Waals surface area contributed by atoms with E-state index in [1.54, 1.807) is 0 Å². The van der Waals surface area contributed by atoms with Crippen molar-refractivity contribution in [3.63, 3.8) is 0 Å². The summed E-state index contributed by atoms with van der Waals surface area (Å²) in [5.74, 6) is 1.19. The molecule has 2 heteroatoms. The molecule has 0 spiro atoms. The first kappa shape index (κ1) is 21.9. The van der Waals surface area contributed by atoms with Crippen molar-refractivity contribution in [3.8, 4) is 0 Å². The average molecular weight is 315 g/mol. The van der Waals surface area contributed by atoms with E-state index in [-0.39, 0.29) is 0 Å². The molecule has 134 valence electrons. The second kappa shape index (κ2) is 17.3. The second-order valence-electron chi connectivity index (χ2n) is 6.98. The average Bonchev–Trinajstić information content (AvgIpc) is 2.50. The molecule has 0 unspecified atom stereocenters. The molecular formula is C20H42O2. The lowest BCUT2D eigenvalue weighted by molar-refractivity contribution is 0.0197. The van der Waals surface area contributed by atoms with Gasteiger partial charge in [0.25, 0.3) is 0 Å². The van der Waals surface area contributed by atoms with Gasteiger partial charge in [-0.15, -0.1) is 0 Å². The Balaban J connectivity index is 3.49. The van der Waals surface area contributed by atoms with Crippen LogP contribution in [-0.2, 0) is 9.47 Å². The third-order valence-electron chi connectivity index (χ3n) is 4.39. The van der Waals surface area contributed by atoms with Crippen LogP contribution in [0.2, 0.25) is 0 Å². The van der Waals surface area contributed by atoms with Gasteiger partial charge in [0.1, 0.15) is 0 Å². The number of hydrogen-bond acceptors (Lipinski definition) is 2. The van der Waals surface area contributed by atoms with Crippen LogP contribution in [0.1, 0.15) is 91.9 Å². The van der Waals surface area contributed by atoms with Crippen LogP contribution in [0.3, 0.4) is 0 Å². The van der Waals surface area contributed by atoms with Gasteiger partial charge >= 0.3 is 0 Å². The van der Waals surface area contributed by atoms with Crippen molar-refractivity contribution in [1.82, 2.24) is 0 Å². The third kappa shape index (κ3) is 14.8. The van der Waals surface area contributed by atoms with Crippen LogP contribution in [0.15, 0.2) is 0 Å². The van der Waals surface area contributed by atoms with Gasteiger partial charge < -0.3 is 9.47 Å². The molecule has 0 aliphatic carbocycles. The summed E-state index contributed by atoms with van der Waals surface area (Å²) in [6.07, 6.45) is 13.1. The summed E-state index contributed by atoms with van der Waals surface area (Å²) >= 11 is 0. The molecule has 0 atom stereocenters. The van der Waals surface area contributed by atoms with Crippen molar-refractivity contribution >= 4 is 0 Å². The lowest BCUT2D eigenvalue weighted by Crippen LogP contribution is -2.22. The lowest BCUT2D eigenvalue weighted by atomic mass is 9.98. The zero-order valence-electron chi connectivity index (χ0n) is 15.9. The van der Waals surface area contributed by atoms with Crippen LogP contribution in [0.4, 0.5) is 0 Å². The molecule has 0 saturated carbocycles. The molecular weight excluding hydrogens is 272 g/mol. The fraction of sp³-hybridized carbons (Fsp3) is 1.00. The normalized spacial score (nSPS) is 11.7. The topological polar surface area (TPSA) is 18.5 Å². The van der Waals surface area contributed by atoms with E-state index < -0.39 is 0 Å². The van der Waals surface area contributed by atoms with Gasteiger partial charge in [0.15, 0.2) is 0 Å². The van der Waals surface area contributed by atoms with Crippen LogP contribution >= 0.6 is 0 Å². The first-order valence-corrected chi connectivity index (χ1v) is 9.87. The number of ether oxygens (including phenoxy) is 2. The Bertz CT molecular complexity index is 186. The molecule has 0 heterocycles. The Hall–Kier alpha value is -0.0800. The SMILES string of the molecule is CCCCCCCOCC(COCCCCCCC)C(C)C. The summed E-state index contributed by atoms with van der Waals surface area (Å²) < 4.78 is 11.7. The molecule has 0 aromatic carbocycles. The lowest BCUT2D eigenvalue weighted by Gasteiger charge is -2.21.